The first-order chi connectivity index (χ1) is 13.0. The number of halogens is 2. The molecule has 0 aliphatic heterocycles. The lowest BCUT2D eigenvalue weighted by atomic mass is 10.1. The van der Waals surface area contributed by atoms with Crippen molar-refractivity contribution in [1.82, 2.24) is 20.2 Å². The molecule has 2 heterocycles. The lowest BCUT2D eigenvalue weighted by molar-refractivity contribution is -0.103. The fourth-order valence-corrected chi connectivity index (χ4v) is 3.40. The van der Waals surface area contributed by atoms with E-state index in [-0.39, 0.29) is 17.7 Å². The van der Waals surface area contributed by atoms with Crippen LogP contribution < -0.4 is 5.32 Å². The standard InChI is InChI=1S/C19H21F2N5O/c1-12-2-4-13(5-3-12)19(20,21)10-27-15-7-6-14(8-15)25-17-16-9-24-26-18(16)23-11-22-17/h2-5,9,11,14-15H,6-8,10H2,1H3,(H2,22,23,24,25,26). The van der Waals surface area contributed by atoms with Gasteiger partial charge in [0, 0.05) is 11.6 Å². The van der Waals surface area contributed by atoms with Crippen molar-refractivity contribution >= 4 is 16.9 Å². The molecule has 8 heteroatoms. The highest BCUT2D eigenvalue weighted by Crippen LogP contribution is 2.32. The average molecular weight is 373 g/mol. The first-order valence-electron chi connectivity index (χ1n) is 8.98. The molecule has 2 N–H and O–H groups in total. The Hall–Kier alpha value is -2.61. The molecule has 1 aromatic carbocycles. The molecule has 2 unspecified atom stereocenters. The molecular formula is C19H21F2N5O. The van der Waals surface area contributed by atoms with Crippen LogP contribution in [0.2, 0.25) is 0 Å². The highest BCUT2D eigenvalue weighted by atomic mass is 19.3. The molecule has 1 fully saturated rings. The fraction of sp³-hybridized carbons (Fsp3) is 0.421. The Labute approximate surface area is 155 Å². The molecule has 4 rings (SSSR count). The van der Waals surface area contributed by atoms with Crippen molar-refractivity contribution in [1.29, 1.82) is 0 Å². The van der Waals surface area contributed by atoms with Gasteiger partial charge in [-0.2, -0.15) is 13.9 Å². The number of anilines is 1. The number of hydrogen-bond acceptors (Lipinski definition) is 5. The number of aromatic amines is 1. The quantitative estimate of drug-likeness (QED) is 0.687. The number of aromatic nitrogens is 4. The summed E-state index contributed by atoms with van der Waals surface area (Å²) in [7, 11) is 0. The van der Waals surface area contributed by atoms with Gasteiger partial charge >= 0.3 is 0 Å². The van der Waals surface area contributed by atoms with Crippen LogP contribution >= 0.6 is 0 Å². The molecule has 142 valence electrons. The second kappa shape index (κ2) is 7.19. The normalized spacial score (nSPS) is 20.3. The molecule has 0 bridgehead atoms. The first kappa shape index (κ1) is 17.8. The third-order valence-electron chi connectivity index (χ3n) is 4.95. The molecule has 2 atom stereocenters. The summed E-state index contributed by atoms with van der Waals surface area (Å²) in [5.41, 5.74) is 1.61. The highest BCUT2D eigenvalue weighted by Gasteiger charge is 2.35. The number of benzene rings is 1. The van der Waals surface area contributed by atoms with E-state index in [2.05, 4.69) is 25.5 Å². The number of hydrogen-bond donors (Lipinski definition) is 2. The zero-order chi connectivity index (χ0) is 18.9. The van der Waals surface area contributed by atoms with E-state index in [4.69, 9.17) is 4.74 Å². The third kappa shape index (κ3) is 3.90. The van der Waals surface area contributed by atoms with Gasteiger partial charge in [0.2, 0.25) is 0 Å². The Morgan fingerprint density at radius 2 is 2.04 bits per heavy atom. The third-order valence-corrected chi connectivity index (χ3v) is 4.95. The summed E-state index contributed by atoms with van der Waals surface area (Å²) in [4.78, 5) is 8.36. The van der Waals surface area contributed by atoms with E-state index >= 15 is 0 Å². The van der Waals surface area contributed by atoms with E-state index in [1.54, 1.807) is 18.3 Å². The number of fused-ring (bicyclic) bond motifs is 1. The van der Waals surface area contributed by atoms with Gasteiger partial charge in [-0.15, -0.1) is 0 Å². The van der Waals surface area contributed by atoms with Crippen LogP contribution in [0.3, 0.4) is 0 Å². The Kier molecular flexibility index (Phi) is 4.73. The molecule has 27 heavy (non-hydrogen) atoms. The van der Waals surface area contributed by atoms with E-state index in [0.717, 1.165) is 23.8 Å². The Morgan fingerprint density at radius 3 is 2.85 bits per heavy atom. The summed E-state index contributed by atoms with van der Waals surface area (Å²) < 4.78 is 34.3. The topological polar surface area (TPSA) is 75.7 Å². The van der Waals surface area contributed by atoms with Gasteiger partial charge in [0.05, 0.1) is 17.7 Å². The molecular weight excluding hydrogens is 352 g/mol. The molecule has 1 aliphatic carbocycles. The minimum Gasteiger partial charge on any atom is -0.371 e. The van der Waals surface area contributed by atoms with Crippen molar-refractivity contribution in [3.05, 3.63) is 47.9 Å². The number of nitrogens with one attached hydrogen (secondary N) is 2. The van der Waals surface area contributed by atoms with Gasteiger partial charge in [-0.3, -0.25) is 5.10 Å². The number of alkyl halides is 2. The van der Waals surface area contributed by atoms with E-state index in [0.29, 0.717) is 17.9 Å². The van der Waals surface area contributed by atoms with E-state index in [1.807, 2.05) is 6.92 Å². The first-order valence-corrected chi connectivity index (χ1v) is 8.98. The molecule has 1 aliphatic rings. The monoisotopic (exact) mass is 373 g/mol. The molecule has 0 spiro atoms. The summed E-state index contributed by atoms with van der Waals surface area (Å²) in [6, 6.07) is 6.43. The molecule has 1 saturated carbocycles. The van der Waals surface area contributed by atoms with Crippen LogP contribution in [0.25, 0.3) is 11.0 Å². The van der Waals surface area contributed by atoms with E-state index in [9.17, 15) is 8.78 Å². The lowest BCUT2D eigenvalue weighted by Crippen LogP contribution is -2.25. The van der Waals surface area contributed by atoms with Crippen LogP contribution in [-0.2, 0) is 10.7 Å². The average Bonchev–Trinajstić information content (AvgIpc) is 3.30. The fourth-order valence-electron chi connectivity index (χ4n) is 3.40. The summed E-state index contributed by atoms with van der Waals surface area (Å²) in [5.74, 6) is -2.29. The summed E-state index contributed by atoms with van der Waals surface area (Å²) >= 11 is 0. The Morgan fingerprint density at radius 1 is 1.22 bits per heavy atom. The van der Waals surface area contributed by atoms with Crippen LogP contribution in [0.15, 0.2) is 36.8 Å². The largest absolute Gasteiger partial charge is 0.371 e. The maximum absolute atomic E-state index is 14.4. The number of nitrogens with zero attached hydrogens (tertiary/aromatic N) is 3. The molecule has 0 saturated heterocycles. The van der Waals surface area contributed by atoms with Crippen molar-refractivity contribution in [2.24, 2.45) is 0 Å². The SMILES string of the molecule is Cc1ccc(C(F)(F)COC2CCC(Nc3ncnc4[nH]ncc34)C2)cc1. The maximum Gasteiger partial charge on any atom is 0.296 e. The summed E-state index contributed by atoms with van der Waals surface area (Å²) in [6.45, 7) is 1.27. The van der Waals surface area contributed by atoms with Crippen LogP contribution in [0.1, 0.15) is 30.4 Å². The molecule has 2 aromatic heterocycles. The second-order valence-electron chi connectivity index (χ2n) is 7.01. The van der Waals surface area contributed by atoms with Gasteiger partial charge in [-0.05, 0) is 26.2 Å². The minimum absolute atomic E-state index is 0.0101. The van der Waals surface area contributed by atoms with Crippen molar-refractivity contribution in [3.8, 4) is 0 Å². The van der Waals surface area contributed by atoms with Gasteiger partial charge in [0.15, 0.2) is 5.65 Å². The molecule has 0 radical (unpaired) electrons. The van der Waals surface area contributed by atoms with Crippen LogP contribution in [0.5, 0.6) is 0 Å². The van der Waals surface area contributed by atoms with Crippen molar-refractivity contribution in [2.75, 3.05) is 11.9 Å². The number of H-pyrrole nitrogens is 1. The van der Waals surface area contributed by atoms with E-state index < -0.39 is 12.5 Å². The summed E-state index contributed by atoms with van der Waals surface area (Å²) in [5, 5.41) is 10.9. The maximum atomic E-state index is 14.4. The smallest absolute Gasteiger partial charge is 0.296 e. The predicted octanol–water partition coefficient (Wildman–Crippen LogP) is 3.80. The van der Waals surface area contributed by atoms with Crippen molar-refractivity contribution < 1.29 is 13.5 Å². The van der Waals surface area contributed by atoms with Crippen LogP contribution in [0, 0.1) is 6.92 Å². The number of ether oxygens (including phenoxy) is 1. The van der Waals surface area contributed by atoms with Crippen molar-refractivity contribution in [3.63, 3.8) is 0 Å². The number of rotatable bonds is 6. The van der Waals surface area contributed by atoms with Crippen molar-refractivity contribution in [2.45, 2.75) is 44.3 Å². The minimum atomic E-state index is -2.99. The van der Waals surface area contributed by atoms with Gasteiger partial charge in [-0.25, -0.2) is 9.97 Å². The summed E-state index contributed by atoms with van der Waals surface area (Å²) in [6.07, 6.45) is 5.18. The zero-order valence-electron chi connectivity index (χ0n) is 15.0. The van der Waals surface area contributed by atoms with Gasteiger partial charge in [0.1, 0.15) is 18.8 Å². The van der Waals surface area contributed by atoms with Crippen LogP contribution in [-0.4, -0.2) is 38.9 Å². The zero-order valence-corrected chi connectivity index (χ0v) is 15.0. The molecule has 6 nitrogen and oxygen atoms in total. The molecule has 3 aromatic rings. The Bertz CT molecular complexity index is 912. The van der Waals surface area contributed by atoms with Gasteiger partial charge in [-0.1, -0.05) is 29.8 Å². The van der Waals surface area contributed by atoms with Gasteiger partial charge in [0.25, 0.3) is 5.92 Å². The Balaban J connectivity index is 1.33. The number of aryl methyl sites for hydroxylation is 1. The van der Waals surface area contributed by atoms with E-state index in [1.165, 1.54) is 18.5 Å². The molecule has 0 amide bonds. The van der Waals surface area contributed by atoms with Crippen LogP contribution in [0.4, 0.5) is 14.6 Å². The predicted molar refractivity (Wildman–Crippen MR) is 97.8 cm³/mol. The second-order valence-corrected chi connectivity index (χ2v) is 7.01. The highest BCUT2D eigenvalue weighted by molar-refractivity contribution is 5.85. The lowest BCUT2D eigenvalue weighted by Gasteiger charge is -2.20. The van der Waals surface area contributed by atoms with Gasteiger partial charge < -0.3 is 10.1 Å².